The number of para-hydroxylation sites is 2. The summed E-state index contributed by atoms with van der Waals surface area (Å²) in [4.78, 5) is 14.3. The lowest BCUT2D eigenvalue weighted by Gasteiger charge is -2.35. The van der Waals surface area contributed by atoms with E-state index in [-0.39, 0.29) is 5.91 Å². The van der Waals surface area contributed by atoms with Crippen LogP contribution in [0.15, 0.2) is 115 Å². The van der Waals surface area contributed by atoms with Crippen molar-refractivity contribution >= 4 is 34.7 Å². The van der Waals surface area contributed by atoms with Gasteiger partial charge in [-0.3, -0.25) is 4.79 Å². The predicted molar refractivity (Wildman–Crippen MR) is 152 cm³/mol. The number of rotatable bonds is 3. The Morgan fingerprint density at radius 3 is 2.18 bits per heavy atom. The van der Waals surface area contributed by atoms with Crippen molar-refractivity contribution in [3.8, 4) is 23.0 Å². The minimum atomic E-state index is -1.43. The average Bonchev–Trinajstić information content (AvgIpc) is 3.50. The second-order valence-electron chi connectivity index (χ2n) is 9.43. The van der Waals surface area contributed by atoms with Crippen molar-refractivity contribution in [2.24, 2.45) is 0 Å². The van der Waals surface area contributed by atoms with E-state index in [1.807, 2.05) is 102 Å². The third-order valence-electron chi connectivity index (χ3n) is 7.34. The highest BCUT2D eigenvalue weighted by Gasteiger charge is 2.58. The minimum Gasteiger partial charge on any atom is -0.338 e. The molecule has 1 amide bonds. The van der Waals surface area contributed by atoms with Crippen LogP contribution in [0.2, 0.25) is 5.02 Å². The number of carbonyl (C=O) groups excluding carboxylic acids is 1. The lowest BCUT2D eigenvalue weighted by molar-refractivity contribution is -0.118. The quantitative estimate of drug-likeness (QED) is 0.271. The summed E-state index contributed by atoms with van der Waals surface area (Å²) in [5, 5.41) is 23.0. The van der Waals surface area contributed by atoms with Gasteiger partial charge in [0.2, 0.25) is 5.91 Å². The number of fused-ring (bicyclic) bond motifs is 4. The van der Waals surface area contributed by atoms with Crippen LogP contribution in [0.25, 0.3) is 22.6 Å². The highest BCUT2D eigenvalue weighted by Crippen LogP contribution is 2.57. The Labute approximate surface area is 229 Å². The van der Waals surface area contributed by atoms with Crippen molar-refractivity contribution in [3.63, 3.8) is 0 Å². The molecular weight excluding hydrogens is 506 g/mol. The summed E-state index contributed by atoms with van der Waals surface area (Å²) in [6, 6.07) is 36.7. The number of nitrogens with zero attached hydrogens (tertiary/aromatic N) is 3. The number of benzene rings is 4. The molecule has 0 fully saturated rings. The zero-order valence-corrected chi connectivity index (χ0v) is 21.3. The molecule has 0 saturated carbocycles. The fraction of sp³-hybridized carbons (Fsp3) is 0.0312. The van der Waals surface area contributed by atoms with Gasteiger partial charge in [0.15, 0.2) is 0 Å². The molecule has 186 valence electrons. The van der Waals surface area contributed by atoms with Gasteiger partial charge < -0.3 is 10.6 Å². The summed E-state index contributed by atoms with van der Waals surface area (Å²) in [7, 11) is 0. The molecule has 1 aromatic heterocycles. The van der Waals surface area contributed by atoms with E-state index in [0.29, 0.717) is 44.6 Å². The van der Waals surface area contributed by atoms with E-state index in [0.717, 1.165) is 16.8 Å². The molecule has 2 aliphatic heterocycles. The topological polar surface area (TPSA) is 82.7 Å². The van der Waals surface area contributed by atoms with Crippen LogP contribution in [0, 0.1) is 11.3 Å². The number of amides is 1. The molecule has 4 aromatic carbocycles. The third-order valence-corrected chi connectivity index (χ3v) is 7.59. The van der Waals surface area contributed by atoms with Crippen molar-refractivity contribution in [1.82, 2.24) is 9.78 Å². The molecule has 0 aliphatic carbocycles. The third kappa shape index (κ3) is 3.27. The van der Waals surface area contributed by atoms with Gasteiger partial charge in [0.05, 0.1) is 28.7 Å². The van der Waals surface area contributed by atoms with E-state index in [9.17, 15) is 10.1 Å². The molecule has 0 saturated heterocycles. The van der Waals surface area contributed by atoms with Crippen molar-refractivity contribution < 1.29 is 4.79 Å². The maximum atomic E-state index is 14.3. The van der Waals surface area contributed by atoms with E-state index in [1.54, 1.807) is 12.1 Å². The lowest BCUT2D eigenvalue weighted by Crippen LogP contribution is -2.41. The van der Waals surface area contributed by atoms with Crippen LogP contribution < -0.4 is 10.6 Å². The average molecular weight is 526 g/mol. The molecule has 3 heterocycles. The Hall–Kier alpha value is -5.12. The van der Waals surface area contributed by atoms with Crippen LogP contribution >= 0.6 is 11.6 Å². The van der Waals surface area contributed by atoms with Crippen LogP contribution in [0.4, 0.5) is 11.5 Å². The van der Waals surface area contributed by atoms with E-state index in [2.05, 4.69) is 16.7 Å². The number of hydrogen-bond donors (Lipinski definition) is 2. The molecule has 2 N–H and O–H groups in total. The van der Waals surface area contributed by atoms with Gasteiger partial charge in [-0.05, 0) is 35.9 Å². The summed E-state index contributed by atoms with van der Waals surface area (Å²) in [6.45, 7) is 0. The molecule has 2 aliphatic rings. The number of anilines is 2. The molecule has 5 aromatic rings. The Kier molecular flexibility index (Phi) is 5.15. The van der Waals surface area contributed by atoms with Gasteiger partial charge in [0.1, 0.15) is 11.2 Å². The Balaban J connectivity index is 1.65. The van der Waals surface area contributed by atoms with Crippen LogP contribution in [-0.2, 0) is 10.2 Å². The summed E-state index contributed by atoms with van der Waals surface area (Å²) in [5.74, 6) is 0.329. The second kappa shape index (κ2) is 8.73. The number of aromatic nitrogens is 2. The minimum absolute atomic E-state index is 0.292. The molecule has 0 radical (unpaired) electrons. The highest BCUT2D eigenvalue weighted by molar-refractivity contribution is 6.30. The van der Waals surface area contributed by atoms with Gasteiger partial charge in [-0.25, -0.2) is 4.68 Å². The standard InChI is InChI=1S/C32H20ClN5O/c33-22-17-15-21(16-18-22)29-27-30(38(37-29)23-11-5-2-6-12-23)36-28(20-9-3-1-4-10-20)25(19-34)32(27)24-13-7-8-14-26(24)35-31(32)39/h1-18,36H,(H,35,39). The molecule has 1 unspecified atom stereocenters. The number of carbonyl (C=O) groups is 1. The van der Waals surface area contributed by atoms with Gasteiger partial charge in [-0.1, -0.05) is 90.5 Å². The molecule has 7 heteroatoms. The van der Waals surface area contributed by atoms with E-state index < -0.39 is 5.41 Å². The summed E-state index contributed by atoms with van der Waals surface area (Å²) in [5.41, 5.74) is 4.43. The molecule has 6 nitrogen and oxygen atoms in total. The number of nitriles is 1. The Morgan fingerprint density at radius 1 is 0.795 bits per heavy atom. The van der Waals surface area contributed by atoms with Gasteiger partial charge in [0, 0.05) is 27.4 Å². The van der Waals surface area contributed by atoms with Crippen molar-refractivity contribution in [3.05, 3.63) is 136 Å². The second-order valence-corrected chi connectivity index (χ2v) is 9.87. The fourth-order valence-electron chi connectivity index (χ4n) is 5.66. The first-order valence-electron chi connectivity index (χ1n) is 12.5. The zero-order valence-electron chi connectivity index (χ0n) is 20.5. The summed E-state index contributed by atoms with van der Waals surface area (Å²) < 4.78 is 1.81. The number of nitrogens with one attached hydrogen (secondary N) is 2. The first-order chi connectivity index (χ1) is 19.1. The SMILES string of the molecule is N#CC1=C(c2ccccc2)Nc2c(c(-c3ccc(Cl)cc3)nn2-c2ccccc2)C12C(=O)Nc1ccccc12. The van der Waals surface area contributed by atoms with Gasteiger partial charge in [-0.2, -0.15) is 10.4 Å². The molecule has 1 spiro atoms. The van der Waals surface area contributed by atoms with Crippen molar-refractivity contribution in [2.75, 3.05) is 10.6 Å². The molecule has 7 rings (SSSR count). The Bertz CT molecular complexity index is 1840. The maximum Gasteiger partial charge on any atom is 0.245 e. The van der Waals surface area contributed by atoms with Crippen molar-refractivity contribution in [1.29, 1.82) is 5.26 Å². The number of halogens is 1. The van der Waals surface area contributed by atoms with Crippen LogP contribution in [0.5, 0.6) is 0 Å². The van der Waals surface area contributed by atoms with Gasteiger partial charge in [-0.15, -0.1) is 0 Å². The first kappa shape index (κ1) is 23.0. The van der Waals surface area contributed by atoms with Crippen LogP contribution in [-0.4, -0.2) is 15.7 Å². The lowest BCUT2D eigenvalue weighted by atomic mass is 9.66. The maximum absolute atomic E-state index is 14.3. The fourth-order valence-corrected chi connectivity index (χ4v) is 5.79. The smallest absolute Gasteiger partial charge is 0.245 e. The summed E-state index contributed by atoms with van der Waals surface area (Å²) in [6.07, 6.45) is 0. The molecular formula is C32H20ClN5O. The monoisotopic (exact) mass is 525 g/mol. The largest absolute Gasteiger partial charge is 0.338 e. The molecule has 0 bridgehead atoms. The highest BCUT2D eigenvalue weighted by atomic mass is 35.5. The van der Waals surface area contributed by atoms with E-state index in [4.69, 9.17) is 16.7 Å². The number of hydrogen-bond acceptors (Lipinski definition) is 4. The van der Waals surface area contributed by atoms with E-state index in [1.165, 1.54) is 0 Å². The molecule has 1 atom stereocenters. The van der Waals surface area contributed by atoms with Crippen LogP contribution in [0.3, 0.4) is 0 Å². The van der Waals surface area contributed by atoms with Gasteiger partial charge in [0.25, 0.3) is 0 Å². The van der Waals surface area contributed by atoms with Gasteiger partial charge >= 0.3 is 0 Å². The normalized spacial score (nSPS) is 17.3. The summed E-state index contributed by atoms with van der Waals surface area (Å²) >= 11 is 6.23. The first-order valence-corrected chi connectivity index (χ1v) is 12.8. The Morgan fingerprint density at radius 2 is 1.46 bits per heavy atom. The van der Waals surface area contributed by atoms with Crippen molar-refractivity contribution in [2.45, 2.75) is 5.41 Å². The predicted octanol–water partition coefficient (Wildman–Crippen LogP) is 6.79. The zero-order chi connectivity index (χ0) is 26.6. The van der Waals surface area contributed by atoms with E-state index >= 15 is 0 Å². The molecule has 39 heavy (non-hydrogen) atoms. The van der Waals surface area contributed by atoms with Crippen LogP contribution in [0.1, 0.15) is 16.7 Å².